The lowest BCUT2D eigenvalue weighted by Gasteiger charge is -2.32. The molecule has 0 bridgehead atoms. The number of nitrogens with zero attached hydrogens (tertiary/aromatic N) is 1. The van der Waals surface area contributed by atoms with E-state index in [9.17, 15) is 14.4 Å². The highest BCUT2D eigenvalue weighted by molar-refractivity contribution is 9.10. The van der Waals surface area contributed by atoms with Crippen molar-refractivity contribution in [2.45, 2.75) is 58.1 Å². The fourth-order valence-corrected chi connectivity index (χ4v) is 3.32. The van der Waals surface area contributed by atoms with Gasteiger partial charge < -0.3 is 20.3 Å². The summed E-state index contributed by atoms with van der Waals surface area (Å²) in [6.45, 7) is 6.35. The van der Waals surface area contributed by atoms with Crippen LogP contribution < -0.4 is 10.6 Å². The molecule has 1 aliphatic heterocycles. The van der Waals surface area contributed by atoms with Crippen LogP contribution in [-0.4, -0.2) is 54.1 Å². The van der Waals surface area contributed by atoms with Crippen LogP contribution in [0.2, 0.25) is 0 Å². The van der Waals surface area contributed by atoms with Crippen LogP contribution in [0.25, 0.3) is 0 Å². The minimum Gasteiger partial charge on any atom is -0.444 e. The number of amides is 3. The van der Waals surface area contributed by atoms with Gasteiger partial charge in [-0.25, -0.2) is 4.79 Å². The molecule has 1 fully saturated rings. The summed E-state index contributed by atoms with van der Waals surface area (Å²) in [6.07, 6.45) is 1.97. The number of hydrogen-bond acceptors (Lipinski definition) is 4. The van der Waals surface area contributed by atoms with Crippen LogP contribution in [0.4, 0.5) is 4.79 Å². The number of carbonyl (C=O) groups excluding carboxylic acids is 3. The number of hydrogen-bond donors (Lipinski definition) is 2. The third-order valence-corrected chi connectivity index (χ3v) is 5.08. The van der Waals surface area contributed by atoms with Gasteiger partial charge in [-0.2, -0.15) is 0 Å². The Kier molecular flexibility index (Phi) is 8.49. The highest BCUT2D eigenvalue weighted by Gasteiger charge is 2.24. The van der Waals surface area contributed by atoms with Gasteiger partial charge in [0.1, 0.15) is 12.1 Å². The number of rotatable bonds is 6. The number of ether oxygens (including phenoxy) is 1. The molecule has 8 heteroatoms. The maximum Gasteiger partial charge on any atom is 0.408 e. The van der Waals surface area contributed by atoms with Gasteiger partial charge in [0.2, 0.25) is 11.8 Å². The smallest absolute Gasteiger partial charge is 0.408 e. The average Bonchev–Trinajstić information content (AvgIpc) is 2.65. The van der Waals surface area contributed by atoms with E-state index in [4.69, 9.17) is 4.74 Å². The number of piperidine rings is 1. The Morgan fingerprint density at radius 1 is 1.14 bits per heavy atom. The zero-order chi connectivity index (χ0) is 21.4. The molecular formula is C21H30BrN3O4. The Bertz CT molecular complexity index is 708. The Balaban J connectivity index is 1.65. The number of nitrogens with one attached hydrogen (secondary N) is 2. The summed E-state index contributed by atoms with van der Waals surface area (Å²) in [5.41, 5.74) is 0.530. The third kappa shape index (κ3) is 8.85. The molecule has 7 nitrogen and oxygen atoms in total. The van der Waals surface area contributed by atoms with E-state index >= 15 is 0 Å². The zero-order valence-electron chi connectivity index (χ0n) is 17.3. The van der Waals surface area contributed by atoms with E-state index in [1.54, 1.807) is 25.7 Å². The molecule has 1 aliphatic rings. The first-order valence-corrected chi connectivity index (χ1v) is 10.7. The zero-order valence-corrected chi connectivity index (χ0v) is 18.9. The Morgan fingerprint density at radius 3 is 2.34 bits per heavy atom. The van der Waals surface area contributed by atoms with Gasteiger partial charge >= 0.3 is 6.09 Å². The predicted molar refractivity (Wildman–Crippen MR) is 114 cm³/mol. The quantitative estimate of drug-likeness (QED) is 0.672. The van der Waals surface area contributed by atoms with Crippen LogP contribution in [0, 0.1) is 0 Å². The standard InChI is InChI=1S/C21H30BrN3O4/c1-21(2,3)29-20(28)23-14-19(27)25-12-10-17(11-13-25)24-18(26)9-6-15-4-7-16(22)8-5-15/h4-5,7-8,17H,6,9-14H2,1-3H3,(H,23,28)(H,24,26). The molecule has 0 aromatic heterocycles. The maximum absolute atomic E-state index is 12.2. The normalized spacial score (nSPS) is 15.0. The molecule has 1 aromatic carbocycles. The van der Waals surface area contributed by atoms with Gasteiger partial charge in [-0.05, 0) is 57.7 Å². The summed E-state index contributed by atoms with van der Waals surface area (Å²) < 4.78 is 6.15. The number of benzene rings is 1. The van der Waals surface area contributed by atoms with E-state index in [-0.39, 0.29) is 24.4 Å². The van der Waals surface area contributed by atoms with Crippen molar-refractivity contribution in [2.75, 3.05) is 19.6 Å². The minimum atomic E-state index is -0.598. The van der Waals surface area contributed by atoms with Crippen LogP contribution in [0.3, 0.4) is 0 Å². The van der Waals surface area contributed by atoms with Crippen molar-refractivity contribution >= 4 is 33.8 Å². The number of carbonyl (C=O) groups is 3. The lowest BCUT2D eigenvalue weighted by molar-refractivity contribution is -0.131. The van der Waals surface area contributed by atoms with Gasteiger partial charge in [-0.3, -0.25) is 9.59 Å². The van der Waals surface area contributed by atoms with Crippen molar-refractivity contribution in [3.63, 3.8) is 0 Å². The van der Waals surface area contributed by atoms with E-state index in [0.29, 0.717) is 38.8 Å². The second-order valence-corrected chi connectivity index (χ2v) is 9.12. The van der Waals surface area contributed by atoms with Crippen LogP contribution in [0.1, 0.15) is 45.6 Å². The minimum absolute atomic E-state index is 0.0317. The Labute approximate surface area is 180 Å². The lowest BCUT2D eigenvalue weighted by atomic mass is 10.0. The van der Waals surface area contributed by atoms with Crippen molar-refractivity contribution in [2.24, 2.45) is 0 Å². The van der Waals surface area contributed by atoms with E-state index in [1.165, 1.54) is 0 Å². The second-order valence-electron chi connectivity index (χ2n) is 8.20. The van der Waals surface area contributed by atoms with Gasteiger partial charge in [0.25, 0.3) is 0 Å². The van der Waals surface area contributed by atoms with Gasteiger partial charge in [0.05, 0.1) is 0 Å². The highest BCUT2D eigenvalue weighted by atomic mass is 79.9. The van der Waals surface area contributed by atoms with Crippen LogP contribution >= 0.6 is 15.9 Å². The predicted octanol–water partition coefficient (Wildman–Crippen LogP) is 3.01. The van der Waals surface area contributed by atoms with Gasteiger partial charge in [-0.1, -0.05) is 28.1 Å². The molecule has 1 aromatic rings. The first-order valence-electron chi connectivity index (χ1n) is 9.91. The van der Waals surface area contributed by atoms with Crippen molar-refractivity contribution in [1.82, 2.24) is 15.5 Å². The van der Waals surface area contributed by atoms with Gasteiger partial charge in [0, 0.05) is 30.0 Å². The molecule has 2 N–H and O–H groups in total. The summed E-state index contributed by atoms with van der Waals surface area (Å²) in [5.74, 6) is -0.111. The van der Waals surface area contributed by atoms with Gasteiger partial charge in [0.15, 0.2) is 0 Å². The Hall–Kier alpha value is -2.09. The summed E-state index contributed by atoms with van der Waals surface area (Å²) >= 11 is 3.40. The molecule has 1 saturated heterocycles. The highest BCUT2D eigenvalue weighted by Crippen LogP contribution is 2.13. The number of alkyl carbamates (subject to hydrolysis) is 1. The monoisotopic (exact) mass is 467 g/mol. The largest absolute Gasteiger partial charge is 0.444 e. The van der Waals surface area contributed by atoms with Gasteiger partial charge in [-0.15, -0.1) is 0 Å². The second kappa shape index (κ2) is 10.6. The molecule has 160 valence electrons. The topological polar surface area (TPSA) is 87.7 Å². The van der Waals surface area contributed by atoms with Crippen molar-refractivity contribution in [3.05, 3.63) is 34.3 Å². The fraction of sp³-hybridized carbons (Fsp3) is 0.571. The van der Waals surface area contributed by atoms with E-state index in [1.807, 2.05) is 24.3 Å². The van der Waals surface area contributed by atoms with Crippen LogP contribution in [0.15, 0.2) is 28.7 Å². The number of halogens is 1. The average molecular weight is 468 g/mol. The van der Waals surface area contributed by atoms with Crippen LogP contribution in [0.5, 0.6) is 0 Å². The summed E-state index contributed by atoms with van der Waals surface area (Å²) in [4.78, 5) is 37.8. The molecule has 0 atom stereocenters. The van der Waals surface area contributed by atoms with E-state index in [2.05, 4.69) is 26.6 Å². The van der Waals surface area contributed by atoms with E-state index in [0.717, 1.165) is 10.0 Å². The van der Waals surface area contributed by atoms with Crippen molar-refractivity contribution < 1.29 is 19.1 Å². The summed E-state index contributed by atoms with van der Waals surface area (Å²) in [5, 5.41) is 5.55. The molecule has 0 aliphatic carbocycles. The van der Waals surface area contributed by atoms with Crippen molar-refractivity contribution in [3.8, 4) is 0 Å². The first kappa shape index (κ1) is 23.2. The fourth-order valence-electron chi connectivity index (χ4n) is 3.06. The molecule has 29 heavy (non-hydrogen) atoms. The molecule has 0 radical (unpaired) electrons. The number of likely N-dealkylation sites (tertiary alicyclic amines) is 1. The molecule has 1 heterocycles. The summed E-state index contributed by atoms with van der Waals surface area (Å²) in [6, 6.07) is 8.03. The first-order chi connectivity index (χ1) is 13.6. The third-order valence-electron chi connectivity index (χ3n) is 4.55. The molecule has 0 unspecified atom stereocenters. The van der Waals surface area contributed by atoms with E-state index < -0.39 is 11.7 Å². The molecule has 2 rings (SSSR count). The lowest BCUT2D eigenvalue weighted by Crippen LogP contribution is -2.49. The SMILES string of the molecule is CC(C)(C)OC(=O)NCC(=O)N1CCC(NC(=O)CCc2ccc(Br)cc2)CC1. The molecular weight excluding hydrogens is 438 g/mol. The maximum atomic E-state index is 12.2. The summed E-state index contributed by atoms with van der Waals surface area (Å²) in [7, 11) is 0. The number of aryl methyl sites for hydroxylation is 1. The molecule has 3 amide bonds. The van der Waals surface area contributed by atoms with Crippen LogP contribution in [-0.2, 0) is 20.7 Å². The molecule has 0 saturated carbocycles. The van der Waals surface area contributed by atoms with Crippen molar-refractivity contribution in [1.29, 1.82) is 0 Å². The Morgan fingerprint density at radius 2 is 1.76 bits per heavy atom. The molecule has 0 spiro atoms.